The molecule has 0 atom stereocenters. The normalized spacial score (nSPS) is 15.0. The number of ether oxygens (including phenoxy) is 1. The van der Waals surface area contributed by atoms with Crippen LogP contribution in [0.4, 0.5) is 5.69 Å². The smallest absolute Gasteiger partial charge is 0.185 e. The molecule has 0 saturated carbocycles. The maximum Gasteiger partial charge on any atom is 0.185 e. The van der Waals surface area contributed by atoms with Crippen molar-refractivity contribution in [3.8, 4) is 0 Å². The van der Waals surface area contributed by atoms with E-state index >= 15 is 0 Å². The van der Waals surface area contributed by atoms with Crippen molar-refractivity contribution in [2.24, 2.45) is 0 Å². The van der Waals surface area contributed by atoms with E-state index in [1.165, 1.54) is 11.1 Å². The molecule has 0 unspecified atom stereocenters. The van der Waals surface area contributed by atoms with Gasteiger partial charge in [-0.05, 0) is 55.3 Å². The Bertz CT molecular complexity index is 741. The first-order valence-corrected chi connectivity index (χ1v) is 8.36. The Morgan fingerprint density at radius 1 is 1.04 bits per heavy atom. The van der Waals surface area contributed by atoms with Crippen molar-refractivity contribution in [2.45, 2.75) is 13.8 Å². The number of allylic oxidation sites excluding steroid dienone is 1. The van der Waals surface area contributed by atoms with Crippen molar-refractivity contribution in [1.29, 1.82) is 0 Å². The summed E-state index contributed by atoms with van der Waals surface area (Å²) in [5.41, 5.74) is 5.36. The summed E-state index contributed by atoms with van der Waals surface area (Å²) in [5.74, 6) is 0.0310. The highest BCUT2D eigenvalue weighted by Gasteiger charge is 2.11. The number of hydrogen-bond donors (Lipinski definition) is 0. The van der Waals surface area contributed by atoms with E-state index < -0.39 is 0 Å². The summed E-state index contributed by atoms with van der Waals surface area (Å²) >= 11 is 0. The highest BCUT2D eigenvalue weighted by Crippen LogP contribution is 2.18. The van der Waals surface area contributed by atoms with Gasteiger partial charge in [0.1, 0.15) is 0 Å². The maximum atomic E-state index is 12.4. The molecule has 124 valence electrons. The van der Waals surface area contributed by atoms with E-state index in [0.717, 1.165) is 37.6 Å². The third kappa shape index (κ3) is 3.92. The van der Waals surface area contributed by atoms with E-state index in [-0.39, 0.29) is 5.78 Å². The van der Waals surface area contributed by atoms with E-state index in [9.17, 15) is 4.79 Å². The molecule has 3 nitrogen and oxygen atoms in total. The average molecular weight is 321 g/mol. The van der Waals surface area contributed by atoms with Crippen molar-refractivity contribution in [3.05, 3.63) is 70.8 Å². The molecule has 3 rings (SSSR count). The fraction of sp³-hybridized carbons (Fsp3) is 0.286. The summed E-state index contributed by atoms with van der Waals surface area (Å²) in [4.78, 5) is 14.6. The lowest BCUT2D eigenvalue weighted by molar-refractivity contribution is 0.104. The predicted molar refractivity (Wildman–Crippen MR) is 98.8 cm³/mol. The molecular weight excluding hydrogens is 298 g/mol. The van der Waals surface area contributed by atoms with E-state index in [1.54, 1.807) is 6.08 Å². The molecule has 0 spiro atoms. The standard InChI is InChI=1S/C21H23NO2/c1-16-3-4-18(17(2)15-16)7-10-21(23)19-5-8-20(9-6-19)22-11-13-24-14-12-22/h3-10,15H,11-14H2,1-2H3/b10-7+. The van der Waals surface area contributed by atoms with Gasteiger partial charge in [-0.3, -0.25) is 4.79 Å². The number of benzene rings is 2. The van der Waals surface area contributed by atoms with Crippen LogP contribution >= 0.6 is 0 Å². The SMILES string of the molecule is Cc1ccc(/C=C/C(=O)c2ccc(N3CCOCC3)cc2)c(C)c1. The van der Waals surface area contributed by atoms with Gasteiger partial charge in [-0.15, -0.1) is 0 Å². The summed E-state index contributed by atoms with van der Waals surface area (Å²) in [6.45, 7) is 7.47. The fourth-order valence-corrected chi connectivity index (χ4v) is 2.93. The Morgan fingerprint density at radius 3 is 2.42 bits per heavy atom. The van der Waals surface area contributed by atoms with Crippen molar-refractivity contribution in [1.82, 2.24) is 0 Å². The van der Waals surface area contributed by atoms with Crippen molar-refractivity contribution >= 4 is 17.5 Å². The number of morpholine rings is 1. The summed E-state index contributed by atoms with van der Waals surface area (Å²) in [5, 5.41) is 0. The highest BCUT2D eigenvalue weighted by atomic mass is 16.5. The Hall–Kier alpha value is -2.39. The second-order valence-corrected chi connectivity index (χ2v) is 6.20. The lowest BCUT2D eigenvalue weighted by Crippen LogP contribution is -2.36. The number of carbonyl (C=O) groups excluding carboxylic acids is 1. The van der Waals surface area contributed by atoms with Crippen LogP contribution < -0.4 is 4.90 Å². The average Bonchev–Trinajstić information content (AvgIpc) is 2.62. The van der Waals surface area contributed by atoms with Gasteiger partial charge >= 0.3 is 0 Å². The molecule has 0 amide bonds. The predicted octanol–water partition coefficient (Wildman–Crippen LogP) is 4.04. The van der Waals surface area contributed by atoms with Crippen LogP contribution in [0.3, 0.4) is 0 Å². The molecule has 1 saturated heterocycles. The number of ketones is 1. The maximum absolute atomic E-state index is 12.4. The first-order chi connectivity index (χ1) is 11.6. The number of hydrogen-bond acceptors (Lipinski definition) is 3. The molecule has 1 aliphatic rings. The van der Waals surface area contributed by atoms with Crippen LogP contribution in [0.1, 0.15) is 27.0 Å². The van der Waals surface area contributed by atoms with E-state index in [0.29, 0.717) is 5.56 Å². The van der Waals surface area contributed by atoms with Gasteiger partial charge in [0.25, 0.3) is 0 Å². The number of rotatable bonds is 4. The molecule has 24 heavy (non-hydrogen) atoms. The van der Waals surface area contributed by atoms with Gasteiger partial charge in [-0.2, -0.15) is 0 Å². The quantitative estimate of drug-likeness (QED) is 0.629. The minimum absolute atomic E-state index is 0.0310. The Balaban J connectivity index is 1.69. The topological polar surface area (TPSA) is 29.5 Å². The molecule has 1 fully saturated rings. The van der Waals surface area contributed by atoms with Gasteiger partial charge in [0, 0.05) is 24.3 Å². The molecule has 3 heteroatoms. The van der Waals surface area contributed by atoms with Crippen LogP contribution in [-0.4, -0.2) is 32.1 Å². The molecule has 0 bridgehead atoms. The molecule has 0 aliphatic carbocycles. The zero-order chi connectivity index (χ0) is 16.9. The molecule has 1 heterocycles. The third-order valence-electron chi connectivity index (χ3n) is 4.37. The van der Waals surface area contributed by atoms with Crippen LogP contribution in [0.25, 0.3) is 6.08 Å². The minimum atomic E-state index is 0.0310. The molecule has 0 N–H and O–H groups in total. The van der Waals surface area contributed by atoms with Gasteiger partial charge in [0.15, 0.2) is 5.78 Å². The van der Waals surface area contributed by atoms with E-state index in [2.05, 4.69) is 36.9 Å². The van der Waals surface area contributed by atoms with Crippen molar-refractivity contribution < 1.29 is 9.53 Å². The summed E-state index contributed by atoms with van der Waals surface area (Å²) in [6.07, 6.45) is 3.55. The van der Waals surface area contributed by atoms with E-state index in [4.69, 9.17) is 4.74 Å². The van der Waals surface area contributed by atoms with Gasteiger partial charge in [-0.1, -0.05) is 29.8 Å². The zero-order valence-electron chi connectivity index (χ0n) is 14.3. The van der Waals surface area contributed by atoms with Crippen LogP contribution in [0, 0.1) is 13.8 Å². The minimum Gasteiger partial charge on any atom is -0.378 e. The van der Waals surface area contributed by atoms with Crippen molar-refractivity contribution in [3.63, 3.8) is 0 Å². The summed E-state index contributed by atoms with van der Waals surface area (Å²) in [7, 11) is 0. The first-order valence-electron chi connectivity index (χ1n) is 8.36. The van der Waals surface area contributed by atoms with Crippen LogP contribution in [0.2, 0.25) is 0 Å². The van der Waals surface area contributed by atoms with Crippen molar-refractivity contribution in [2.75, 3.05) is 31.2 Å². The molecule has 2 aromatic rings. The summed E-state index contributed by atoms with van der Waals surface area (Å²) < 4.78 is 5.37. The Labute approximate surface area is 143 Å². The van der Waals surface area contributed by atoms with Crippen LogP contribution in [0.15, 0.2) is 48.5 Å². The van der Waals surface area contributed by atoms with Crippen LogP contribution in [-0.2, 0) is 4.74 Å². The van der Waals surface area contributed by atoms with Gasteiger partial charge < -0.3 is 9.64 Å². The Kier molecular flexibility index (Phi) is 5.11. The summed E-state index contributed by atoms with van der Waals surface area (Å²) in [6, 6.07) is 14.1. The highest BCUT2D eigenvalue weighted by molar-refractivity contribution is 6.07. The largest absolute Gasteiger partial charge is 0.378 e. The molecule has 2 aromatic carbocycles. The number of aryl methyl sites for hydroxylation is 2. The van der Waals surface area contributed by atoms with Gasteiger partial charge in [0.2, 0.25) is 0 Å². The molecule has 0 radical (unpaired) electrons. The molecular formula is C21H23NO2. The first kappa shape index (κ1) is 16.5. The Morgan fingerprint density at radius 2 is 1.75 bits per heavy atom. The third-order valence-corrected chi connectivity index (χ3v) is 4.37. The second kappa shape index (κ2) is 7.45. The lowest BCUT2D eigenvalue weighted by atomic mass is 10.0. The monoisotopic (exact) mass is 321 g/mol. The molecule has 1 aliphatic heterocycles. The van der Waals surface area contributed by atoms with Crippen LogP contribution in [0.5, 0.6) is 0 Å². The number of carbonyl (C=O) groups is 1. The lowest BCUT2D eigenvalue weighted by Gasteiger charge is -2.28. The molecule has 0 aromatic heterocycles. The second-order valence-electron chi connectivity index (χ2n) is 6.20. The number of anilines is 1. The van der Waals surface area contributed by atoms with Gasteiger partial charge in [0.05, 0.1) is 13.2 Å². The zero-order valence-corrected chi connectivity index (χ0v) is 14.3. The van der Waals surface area contributed by atoms with E-state index in [1.807, 2.05) is 30.3 Å². The number of nitrogens with zero attached hydrogens (tertiary/aromatic N) is 1. The van der Waals surface area contributed by atoms with Gasteiger partial charge in [-0.25, -0.2) is 0 Å². The fourth-order valence-electron chi connectivity index (χ4n) is 2.93.